The van der Waals surface area contributed by atoms with Crippen molar-refractivity contribution in [2.75, 3.05) is 0 Å². The first kappa shape index (κ1) is 10.7. The van der Waals surface area contributed by atoms with Gasteiger partial charge >= 0.3 is 6.43 Å². The van der Waals surface area contributed by atoms with Crippen molar-refractivity contribution in [3.63, 3.8) is 0 Å². The van der Waals surface area contributed by atoms with Gasteiger partial charge in [0.25, 0.3) is 6.43 Å². The average molecular weight is 206 g/mol. The first-order valence-corrected chi connectivity index (χ1v) is 3.73. The molecule has 0 unspecified atom stereocenters. The van der Waals surface area contributed by atoms with Crippen LogP contribution in [-0.2, 0) is 0 Å². The molecular formula is C9H6F4O. The summed E-state index contributed by atoms with van der Waals surface area (Å²) in [4.78, 5) is 10.8. The molecule has 0 aromatic heterocycles. The topological polar surface area (TPSA) is 17.1 Å². The lowest BCUT2D eigenvalue weighted by molar-refractivity contribution is 0.0669. The summed E-state index contributed by atoms with van der Waals surface area (Å²) >= 11 is 0. The second-order valence-corrected chi connectivity index (χ2v) is 2.55. The molecule has 0 aliphatic rings. The maximum absolute atomic E-state index is 12.3. The molecule has 76 valence electrons. The van der Waals surface area contributed by atoms with E-state index in [4.69, 9.17) is 0 Å². The van der Waals surface area contributed by atoms with Gasteiger partial charge in [-0.15, -0.1) is 0 Å². The standard InChI is InChI=1S/C9H6F4O/c10-8(11)6-4-2-1-3-5(6)7(14)9(12)13/h1-4,8-9H. The Hall–Kier alpha value is -1.39. The number of halogens is 4. The number of Topliss-reactive ketones (excluding diaryl/α,β-unsaturated/α-hetero) is 1. The zero-order chi connectivity index (χ0) is 10.7. The highest BCUT2D eigenvalue weighted by atomic mass is 19.3. The van der Waals surface area contributed by atoms with E-state index < -0.39 is 29.8 Å². The molecule has 0 saturated carbocycles. The number of rotatable bonds is 3. The van der Waals surface area contributed by atoms with E-state index >= 15 is 0 Å². The van der Waals surface area contributed by atoms with Gasteiger partial charge in [-0.25, -0.2) is 17.6 Å². The van der Waals surface area contributed by atoms with Crippen LogP contribution in [0.15, 0.2) is 24.3 Å². The van der Waals surface area contributed by atoms with Crippen LogP contribution in [0.25, 0.3) is 0 Å². The lowest BCUT2D eigenvalue weighted by Gasteiger charge is -2.06. The van der Waals surface area contributed by atoms with Crippen molar-refractivity contribution in [3.8, 4) is 0 Å². The molecule has 0 N–H and O–H groups in total. The molecule has 1 aromatic rings. The molecular weight excluding hydrogens is 200 g/mol. The molecule has 0 atom stereocenters. The second kappa shape index (κ2) is 4.21. The molecule has 1 rings (SSSR count). The van der Waals surface area contributed by atoms with Crippen LogP contribution in [0.2, 0.25) is 0 Å². The van der Waals surface area contributed by atoms with Crippen molar-refractivity contribution >= 4 is 5.78 Å². The van der Waals surface area contributed by atoms with E-state index in [0.29, 0.717) is 0 Å². The number of ketones is 1. The Labute approximate surface area is 77.3 Å². The van der Waals surface area contributed by atoms with Crippen molar-refractivity contribution < 1.29 is 22.4 Å². The third-order valence-corrected chi connectivity index (χ3v) is 1.66. The molecule has 0 spiro atoms. The van der Waals surface area contributed by atoms with Crippen LogP contribution in [0.3, 0.4) is 0 Å². The van der Waals surface area contributed by atoms with E-state index in [9.17, 15) is 22.4 Å². The molecule has 0 aliphatic heterocycles. The summed E-state index contributed by atoms with van der Waals surface area (Å²) in [5.41, 5.74) is -1.27. The van der Waals surface area contributed by atoms with Gasteiger partial charge in [-0.1, -0.05) is 24.3 Å². The van der Waals surface area contributed by atoms with E-state index in [1.54, 1.807) is 0 Å². The number of carbonyl (C=O) groups is 1. The molecule has 0 aliphatic carbocycles. The van der Waals surface area contributed by atoms with Crippen LogP contribution in [-0.4, -0.2) is 12.2 Å². The van der Waals surface area contributed by atoms with Gasteiger partial charge < -0.3 is 0 Å². The van der Waals surface area contributed by atoms with Gasteiger partial charge in [0.1, 0.15) is 0 Å². The average Bonchev–Trinajstić information content (AvgIpc) is 2.16. The quantitative estimate of drug-likeness (QED) is 0.548. The summed E-state index contributed by atoms with van der Waals surface area (Å²) in [7, 11) is 0. The summed E-state index contributed by atoms with van der Waals surface area (Å²) in [6.07, 6.45) is -6.18. The summed E-state index contributed by atoms with van der Waals surface area (Å²) < 4.78 is 48.4. The van der Waals surface area contributed by atoms with Crippen LogP contribution in [0.1, 0.15) is 22.3 Å². The van der Waals surface area contributed by atoms with E-state index in [-0.39, 0.29) is 0 Å². The highest BCUT2D eigenvalue weighted by molar-refractivity contribution is 5.99. The molecule has 14 heavy (non-hydrogen) atoms. The second-order valence-electron chi connectivity index (χ2n) is 2.55. The van der Waals surface area contributed by atoms with Crippen LogP contribution in [0.5, 0.6) is 0 Å². The fourth-order valence-corrected chi connectivity index (χ4v) is 1.03. The zero-order valence-corrected chi connectivity index (χ0v) is 6.88. The minimum absolute atomic E-state index is 0.613. The molecule has 0 saturated heterocycles. The predicted molar refractivity (Wildman–Crippen MR) is 41.7 cm³/mol. The first-order valence-electron chi connectivity index (χ1n) is 3.73. The fraction of sp³-hybridized carbons (Fsp3) is 0.222. The number of alkyl halides is 4. The Kier molecular flexibility index (Phi) is 3.22. The van der Waals surface area contributed by atoms with Crippen molar-refractivity contribution in [2.45, 2.75) is 12.9 Å². The Morgan fingerprint density at radius 2 is 1.64 bits per heavy atom. The Bertz CT molecular complexity index is 335. The number of carbonyl (C=O) groups excluding carboxylic acids is 1. The minimum atomic E-state index is -3.25. The van der Waals surface area contributed by atoms with Crippen molar-refractivity contribution in [2.24, 2.45) is 0 Å². The highest BCUT2D eigenvalue weighted by Gasteiger charge is 2.23. The zero-order valence-electron chi connectivity index (χ0n) is 6.88. The van der Waals surface area contributed by atoms with Gasteiger partial charge in [-0.3, -0.25) is 4.79 Å². The fourth-order valence-electron chi connectivity index (χ4n) is 1.03. The van der Waals surface area contributed by atoms with E-state index in [1.165, 1.54) is 12.1 Å². The van der Waals surface area contributed by atoms with E-state index in [2.05, 4.69) is 0 Å². The van der Waals surface area contributed by atoms with Gasteiger partial charge in [0.05, 0.1) is 0 Å². The normalized spacial score (nSPS) is 11.0. The van der Waals surface area contributed by atoms with E-state index in [0.717, 1.165) is 12.1 Å². The smallest absolute Gasteiger partial charge is 0.288 e. The van der Waals surface area contributed by atoms with Gasteiger partial charge in [0.15, 0.2) is 0 Å². The van der Waals surface area contributed by atoms with Crippen molar-refractivity contribution in [1.29, 1.82) is 0 Å². The number of hydrogen-bond acceptors (Lipinski definition) is 1. The van der Waals surface area contributed by atoms with Crippen LogP contribution >= 0.6 is 0 Å². The summed E-state index contributed by atoms with van der Waals surface area (Å²) in [6, 6.07) is 4.46. The Balaban J connectivity index is 3.13. The van der Waals surface area contributed by atoms with Crippen LogP contribution in [0, 0.1) is 0 Å². The molecule has 5 heteroatoms. The highest BCUT2D eigenvalue weighted by Crippen LogP contribution is 2.24. The maximum atomic E-state index is 12.3. The van der Waals surface area contributed by atoms with Crippen LogP contribution < -0.4 is 0 Å². The molecule has 0 radical (unpaired) electrons. The molecule has 1 aromatic carbocycles. The third kappa shape index (κ3) is 2.10. The van der Waals surface area contributed by atoms with Gasteiger partial charge in [0, 0.05) is 11.1 Å². The maximum Gasteiger partial charge on any atom is 0.300 e. The SMILES string of the molecule is O=C(c1ccccc1C(F)F)C(F)F. The largest absolute Gasteiger partial charge is 0.300 e. The Morgan fingerprint density at radius 1 is 1.07 bits per heavy atom. The van der Waals surface area contributed by atoms with E-state index in [1.807, 2.05) is 0 Å². The molecule has 0 bridgehead atoms. The molecule has 0 amide bonds. The predicted octanol–water partition coefficient (Wildman–Crippen LogP) is 3.07. The van der Waals surface area contributed by atoms with Crippen molar-refractivity contribution in [1.82, 2.24) is 0 Å². The molecule has 0 fully saturated rings. The molecule has 1 nitrogen and oxygen atoms in total. The van der Waals surface area contributed by atoms with Gasteiger partial charge in [0.2, 0.25) is 5.78 Å². The summed E-state index contributed by atoms with van der Waals surface area (Å²) in [5, 5.41) is 0. The van der Waals surface area contributed by atoms with Gasteiger partial charge in [-0.2, -0.15) is 0 Å². The monoisotopic (exact) mass is 206 g/mol. The lowest BCUT2D eigenvalue weighted by Crippen LogP contribution is -2.12. The minimum Gasteiger partial charge on any atom is -0.288 e. The first-order chi connectivity index (χ1) is 6.54. The van der Waals surface area contributed by atoms with Crippen LogP contribution in [0.4, 0.5) is 17.6 Å². The number of benzene rings is 1. The number of hydrogen-bond donors (Lipinski definition) is 0. The summed E-state index contributed by atoms with van der Waals surface area (Å²) in [6.45, 7) is 0. The Morgan fingerprint density at radius 3 is 2.14 bits per heavy atom. The molecule has 0 heterocycles. The third-order valence-electron chi connectivity index (χ3n) is 1.66. The lowest BCUT2D eigenvalue weighted by atomic mass is 10.0. The van der Waals surface area contributed by atoms with Gasteiger partial charge in [-0.05, 0) is 0 Å². The summed E-state index contributed by atoms with van der Waals surface area (Å²) in [5.74, 6) is -1.57. The van der Waals surface area contributed by atoms with Crippen molar-refractivity contribution in [3.05, 3.63) is 35.4 Å².